The average Bonchev–Trinajstić information content (AvgIpc) is 2.90. The van der Waals surface area contributed by atoms with Gasteiger partial charge in [0.15, 0.2) is 5.01 Å². The lowest BCUT2D eigenvalue weighted by atomic mass is 10.2. The molecular formula is C15H22N4OS. The minimum Gasteiger partial charge on any atom is -0.360 e. The summed E-state index contributed by atoms with van der Waals surface area (Å²) in [5.74, 6) is 0.429. The van der Waals surface area contributed by atoms with E-state index in [1.54, 1.807) is 4.57 Å². The SMILES string of the molecule is CCCCNc1nnc(-c2cccn(CC(C)C)c2=O)s1. The molecule has 0 aliphatic carbocycles. The quantitative estimate of drug-likeness (QED) is 0.798. The van der Waals surface area contributed by atoms with E-state index in [-0.39, 0.29) is 5.56 Å². The molecule has 114 valence electrons. The van der Waals surface area contributed by atoms with Crippen molar-refractivity contribution in [3.05, 3.63) is 28.7 Å². The molecule has 2 heterocycles. The second-order valence-corrected chi connectivity index (χ2v) is 6.44. The molecule has 2 rings (SSSR count). The van der Waals surface area contributed by atoms with Crippen molar-refractivity contribution in [2.75, 3.05) is 11.9 Å². The summed E-state index contributed by atoms with van der Waals surface area (Å²) in [6.07, 6.45) is 4.06. The van der Waals surface area contributed by atoms with E-state index in [4.69, 9.17) is 0 Å². The van der Waals surface area contributed by atoms with Gasteiger partial charge in [0, 0.05) is 19.3 Å². The summed E-state index contributed by atoms with van der Waals surface area (Å²) < 4.78 is 1.74. The van der Waals surface area contributed by atoms with E-state index in [1.807, 2.05) is 18.3 Å². The normalized spacial score (nSPS) is 11.0. The number of hydrogen-bond donors (Lipinski definition) is 1. The van der Waals surface area contributed by atoms with Crippen LogP contribution in [0.5, 0.6) is 0 Å². The second kappa shape index (κ2) is 7.36. The van der Waals surface area contributed by atoms with E-state index >= 15 is 0 Å². The van der Waals surface area contributed by atoms with Crippen LogP contribution in [0.15, 0.2) is 23.1 Å². The Morgan fingerprint density at radius 3 is 2.90 bits per heavy atom. The lowest BCUT2D eigenvalue weighted by molar-refractivity contribution is 0.511. The molecule has 2 aromatic rings. The molecule has 6 heteroatoms. The standard InChI is InChI=1S/C15H22N4OS/c1-4-5-8-16-15-18-17-13(21-15)12-7-6-9-19(14(12)20)10-11(2)3/h6-7,9,11H,4-5,8,10H2,1-3H3,(H,16,18). The van der Waals surface area contributed by atoms with Gasteiger partial charge in [-0.25, -0.2) is 0 Å². The van der Waals surface area contributed by atoms with E-state index in [1.165, 1.54) is 11.3 Å². The zero-order valence-electron chi connectivity index (χ0n) is 12.8. The summed E-state index contributed by atoms with van der Waals surface area (Å²) in [6.45, 7) is 7.94. The van der Waals surface area contributed by atoms with Crippen LogP contribution in [0.3, 0.4) is 0 Å². The Balaban J connectivity index is 2.20. The number of anilines is 1. The Labute approximate surface area is 129 Å². The van der Waals surface area contributed by atoms with Gasteiger partial charge in [-0.1, -0.05) is 38.5 Å². The summed E-state index contributed by atoms with van der Waals surface area (Å²) in [5, 5.41) is 12.9. The van der Waals surface area contributed by atoms with Crippen molar-refractivity contribution in [1.29, 1.82) is 0 Å². The highest BCUT2D eigenvalue weighted by molar-refractivity contribution is 7.18. The molecule has 1 N–H and O–H groups in total. The van der Waals surface area contributed by atoms with Crippen molar-refractivity contribution in [1.82, 2.24) is 14.8 Å². The van der Waals surface area contributed by atoms with Gasteiger partial charge in [-0.3, -0.25) is 4.79 Å². The summed E-state index contributed by atoms with van der Waals surface area (Å²) in [4.78, 5) is 12.5. The molecule has 0 amide bonds. The van der Waals surface area contributed by atoms with E-state index in [2.05, 4.69) is 36.3 Å². The predicted molar refractivity (Wildman–Crippen MR) is 87.8 cm³/mol. The smallest absolute Gasteiger partial charge is 0.260 e. The fourth-order valence-electron chi connectivity index (χ4n) is 2.01. The lowest BCUT2D eigenvalue weighted by Crippen LogP contribution is -2.22. The van der Waals surface area contributed by atoms with Gasteiger partial charge >= 0.3 is 0 Å². The molecule has 0 aromatic carbocycles. The van der Waals surface area contributed by atoms with Crippen LogP contribution in [0.1, 0.15) is 33.6 Å². The van der Waals surface area contributed by atoms with Crippen molar-refractivity contribution in [2.24, 2.45) is 5.92 Å². The number of unbranched alkanes of at least 4 members (excludes halogenated alkanes) is 1. The van der Waals surface area contributed by atoms with Gasteiger partial charge in [-0.2, -0.15) is 0 Å². The summed E-state index contributed by atoms with van der Waals surface area (Å²) >= 11 is 1.43. The Morgan fingerprint density at radius 2 is 2.19 bits per heavy atom. The van der Waals surface area contributed by atoms with Gasteiger partial charge in [0.25, 0.3) is 5.56 Å². The van der Waals surface area contributed by atoms with Crippen molar-refractivity contribution in [2.45, 2.75) is 40.2 Å². The maximum absolute atomic E-state index is 12.5. The lowest BCUT2D eigenvalue weighted by Gasteiger charge is -2.08. The monoisotopic (exact) mass is 306 g/mol. The Bertz CT molecular complexity index is 633. The van der Waals surface area contributed by atoms with Crippen molar-refractivity contribution in [3.8, 4) is 10.6 Å². The van der Waals surface area contributed by atoms with Crippen LogP contribution in [-0.4, -0.2) is 21.3 Å². The molecule has 0 saturated carbocycles. The van der Waals surface area contributed by atoms with Gasteiger partial charge in [-0.05, 0) is 24.5 Å². The second-order valence-electron chi connectivity index (χ2n) is 5.47. The first-order chi connectivity index (χ1) is 10.1. The number of hydrogen-bond acceptors (Lipinski definition) is 5. The van der Waals surface area contributed by atoms with Crippen molar-refractivity contribution < 1.29 is 0 Å². The molecule has 5 nitrogen and oxygen atoms in total. The molecule has 0 atom stereocenters. The molecule has 21 heavy (non-hydrogen) atoms. The molecule has 0 saturated heterocycles. The molecule has 0 aliphatic heterocycles. The average molecular weight is 306 g/mol. The maximum atomic E-state index is 12.5. The first-order valence-electron chi connectivity index (χ1n) is 7.39. The van der Waals surface area contributed by atoms with Crippen molar-refractivity contribution in [3.63, 3.8) is 0 Å². The number of pyridine rings is 1. The third kappa shape index (κ3) is 4.14. The topological polar surface area (TPSA) is 59.8 Å². The van der Waals surface area contributed by atoms with Gasteiger partial charge < -0.3 is 9.88 Å². The Hall–Kier alpha value is -1.69. The summed E-state index contributed by atoms with van der Waals surface area (Å²) in [6, 6.07) is 3.71. The van der Waals surface area contributed by atoms with E-state index in [0.717, 1.165) is 24.5 Å². The Morgan fingerprint density at radius 1 is 1.38 bits per heavy atom. The predicted octanol–water partition coefficient (Wildman–Crippen LogP) is 3.23. The van der Waals surface area contributed by atoms with Gasteiger partial charge in [-0.15, -0.1) is 10.2 Å². The third-order valence-corrected chi connectivity index (χ3v) is 3.96. The fraction of sp³-hybridized carbons (Fsp3) is 0.533. The summed E-state index contributed by atoms with van der Waals surface area (Å²) in [7, 11) is 0. The summed E-state index contributed by atoms with van der Waals surface area (Å²) in [5.41, 5.74) is 0.627. The molecular weight excluding hydrogens is 284 g/mol. The van der Waals surface area contributed by atoms with Gasteiger partial charge in [0.05, 0.1) is 5.56 Å². The molecule has 0 radical (unpaired) electrons. The van der Waals surface area contributed by atoms with E-state index in [9.17, 15) is 4.79 Å². The molecule has 0 aliphatic rings. The third-order valence-electron chi connectivity index (χ3n) is 3.04. The zero-order chi connectivity index (χ0) is 15.2. The van der Waals surface area contributed by atoms with Crippen LogP contribution in [0.4, 0.5) is 5.13 Å². The van der Waals surface area contributed by atoms with Crippen molar-refractivity contribution >= 4 is 16.5 Å². The first kappa shape index (κ1) is 15.7. The first-order valence-corrected chi connectivity index (χ1v) is 8.20. The fourth-order valence-corrected chi connectivity index (χ4v) is 2.80. The van der Waals surface area contributed by atoms with Crippen LogP contribution in [-0.2, 0) is 6.54 Å². The van der Waals surface area contributed by atoms with Crippen LogP contribution < -0.4 is 10.9 Å². The van der Waals surface area contributed by atoms with Crippen LogP contribution in [0, 0.1) is 5.92 Å². The zero-order valence-corrected chi connectivity index (χ0v) is 13.6. The number of rotatable bonds is 7. The van der Waals surface area contributed by atoms with Crippen LogP contribution in [0.25, 0.3) is 10.6 Å². The number of nitrogens with one attached hydrogen (secondary N) is 1. The molecule has 2 aromatic heterocycles. The minimum absolute atomic E-state index is 0.00228. The Kier molecular flexibility index (Phi) is 5.50. The molecule has 0 fully saturated rings. The van der Waals surface area contributed by atoms with E-state index < -0.39 is 0 Å². The highest BCUT2D eigenvalue weighted by atomic mass is 32.1. The highest BCUT2D eigenvalue weighted by Gasteiger charge is 2.12. The minimum atomic E-state index is 0.00228. The maximum Gasteiger partial charge on any atom is 0.260 e. The molecule has 0 bridgehead atoms. The highest BCUT2D eigenvalue weighted by Crippen LogP contribution is 2.23. The van der Waals surface area contributed by atoms with Gasteiger partial charge in [0.2, 0.25) is 5.13 Å². The van der Waals surface area contributed by atoms with E-state index in [0.29, 0.717) is 23.0 Å². The van der Waals surface area contributed by atoms with Crippen LogP contribution >= 0.6 is 11.3 Å². The number of nitrogens with zero attached hydrogens (tertiary/aromatic N) is 3. The van der Waals surface area contributed by atoms with Gasteiger partial charge in [0.1, 0.15) is 0 Å². The molecule has 0 spiro atoms. The molecule has 0 unspecified atom stereocenters. The largest absolute Gasteiger partial charge is 0.360 e. The number of aromatic nitrogens is 3. The van der Waals surface area contributed by atoms with Crippen LogP contribution in [0.2, 0.25) is 0 Å².